The van der Waals surface area contributed by atoms with Gasteiger partial charge < -0.3 is 15.6 Å². The molecule has 0 saturated heterocycles. The van der Waals surface area contributed by atoms with Crippen LogP contribution < -0.4 is 10.6 Å². The van der Waals surface area contributed by atoms with Gasteiger partial charge >= 0.3 is 0 Å². The SMILES string of the molecule is C=C(C#N)C(=O)N(CCn1nc(-c2ccc3nc[nH]c3c2)c2c(N)ncnc21)c1ccccc1. The molecule has 0 radical (unpaired) electrons. The maximum absolute atomic E-state index is 12.9. The Bertz CT molecular complexity index is 1580. The molecule has 3 heterocycles. The standard InChI is InChI=1S/C24H19N9O/c1-15(12-25)24(34)32(17-5-3-2-4-6-17)9-10-33-23-20(22(26)29-14-30-23)21(31-33)16-7-8-18-19(11-16)28-13-27-18/h2-8,11,13-14H,1,9-10H2,(H,27,28)(H2,26,29,30). The molecule has 2 aromatic carbocycles. The number of nitrogen functional groups attached to an aromatic ring is 1. The van der Waals surface area contributed by atoms with Crippen LogP contribution in [0.3, 0.4) is 0 Å². The van der Waals surface area contributed by atoms with Gasteiger partial charge in [-0.1, -0.05) is 30.8 Å². The van der Waals surface area contributed by atoms with E-state index in [1.165, 1.54) is 11.2 Å². The van der Waals surface area contributed by atoms with Crippen LogP contribution in [-0.4, -0.2) is 42.2 Å². The molecule has 0 spiro atoms. The number of carbonyl (C=O) groups is 1. The topological polar surface area (TPSA) is 142 Å². The number of benzene rings is 2. The van der Waals surface area contributed by atoms with Crippen LogP contribution in [0, 0.1) is 11.3 Å². The number of hydrogen-bond acceptors (Lipinski definition) is 7. The predicted octanol–water partition coefficient (Wildman–Crippen LogP) is 3.06. The molecule has 0 fully saturated rings. The number of aromatic nitrogens is 6. The second-order valence-electron chi connectivity index (χ2n) is 7.55. The number of H-pyrrole nitrogens is 1. The summed E-state index contributed by atoms with van der Waals surface area (Å²) in [5, 5.41) is 14.6. The van der Waals surface area contributed by atoms with Crippen molar-refractivity contribution in [2.24, 2.45) is 0 Å². The maximum Gasteiger partial charge on any atom is 0.268 e. The monoisotopic (exact) mass is 449 g/mol. The molecule has 0 saturated carbocycles. The van der Waals surface area contributed by atoms with E-state index in [1.807, 2.05) is 42.5 Å². The highest BCUT2D eigenvalue weighted by atomic mass is 16.2. The molecule has 3 aromatic heterocycles. The van der Waals surface area contributed by atoms with Gasteiger partial charge in [0.15, 0.2) is 5.65 Å². The lowest BCUT2D eigenvalue weighted by Crippen LogP contribution is -2.34. The third-order valence-corrected chi connectivity index (χ3v) is 5.49. The number of hydrogen-bond donors (Lipinski definition) is 2. The van der Waals surface area contributed by atoms with Crippen molar-refractivity contribution in [1.82, 2.24) is 29.7 Å². The van der Waals surface area contributed by atoms with Gasteiger partial charge in [0.1, 0.15) is 29.5 Å². The van der Waals surface area contributed by atoms with E-state index in [2.05, 4.69) is 26.5 Å². The minimum Gasteiger partial charge on any atom is -0.383 e. The molecule has 10 nitrogen and oxygen atoms in total. The molecule has 0 bridgehead atoms. The van der Waals surface area contributed by atoms with E-state index in [4.69, 9.17) is 10.8 Å². The number of nitrogens with two attached hydrogens (primary N) is 1. The summed E-state index contributed by atoms with van der Waals surface area (Å²) in [4.78, 5) is 30.3. The number of amides is 1. The van der Waals surface area contributed by atoms with Gasteiger partial charge in [-0.05, 0) is 24.3 Å². The van der Waals surface area contributed by atoms with Crippen LogP contribution in [0.5, 0.6) is 0 Å². The van der Waals surface area contributed by atoms with Crippen LogP contribution in [0.2, 0.25) is 0 Å². The zero-order chi connectivity index (χ0) is 23.7. The fourth-order valence-corrected chi connectivity index (χ4v) is 3.83. The second kappa shape index (κ2) is 8.48. The number of nitrogens with zero attached hydrogens (tertiary/aromatic N) is 7. The van der Waals surface area contributed by atoms with Crippen molar-refractivity contribution in [3.8, 4) is 17.3 Å². The summed E-state index contributed by atoms with van der Waals surface area (Å²) < 4.78 is 1.69. The molecule has 34 heavy (non-hydrogen) atoms. The van der Waals surface area contributed by atoms with Crippen LogP contribution >= 0.6 is 0 Å². The summed E-state index contributed by atoms with van der Waals surface area (Å²) in [7, 11) is 0. The predicted molar refractivity (Wildman–Crippen MR) is 128 cm³/mol. The molecule has 0 unspecified atom stereocenters. The van der Waals surface area contributed by atoms with Crippen molar-refractivity contribution in [1.29, 1.82) is 5.26 Å². The number of anilines is 2. The number of nitrogens with one attached hydrogen (secondary N) is 1. The van der Waals surface area contributed by atoms with E-state index in [0.29, 0.717) is 34.8 Å². The first-order chi connectivity index (χ1) is 16.6. The third-order valence-electron chi connectivity index (χ3n) is 5.49. The van der Waals surface area contributed by atoms with Crippen molar-refractivity contribution >= 4 is 39.5 Å². The number of para-hydroxylation sites is 1. The summed E-state index contributed by atoms with van der Waals surface area (Å²) in [6.45, 7) is 4.12. The Kier molecular flexibility index (Phi) is 5.20. The molecule has 0 aliphatic carbocycles. The second-order valence-corrected chi connectivity index (χ2v) is 7.55. The van der Waals surface area contributed by atoms with Crippen LogP contribution in [0.4, 0.5) is 11.5 Å². The van der Waals surface area contributed by atoms with E-state index in [9.17, 15) is 10.1 Å². The van der Waals surface area contributed by atoms with Crippen molar-refractivity contribution in [2.75, 3.05) is 17.2 Å². The third kappa shape index (κ3) is 3.61. The number of imidazole rings is 1. The smallest absolute Gasteiger partial charge is 0.268 e. The Morgan fingerprint density at radius 2 is 2.00 bits per heavy atom. The summed E-state index contributed by atoms with van der Waals surface area (Å²) >= 11 is 0. The summed E-state index contributed by atoms with van der Waals surface area (Å²) in [6, 6.07) is 16.7. The lowest BCUT2D eigenvalue weighted by Gasteiger charge is -2.22. The highest BCUT2D eigenvalue weighted by molar-refractivity contribution is 6.07. The molecule has 5 rings (SSSR count). The Hall–Kier alpha value is -5.04. The molecular weight excluding hydrogens is 430 g/mol. The number of rotatable bonds is 6. The molecule has 0 aliphatic heterocycles. The summed E-state index contributed by atoms with van der Waals surface area (Å²) in [5.74, 6) is -0.158. The molecule has 0 atom stereocenters. The maximum atomic E-state index is 12.9. The first-order valence-electron chi connectivity index (χ1n) is 10.4. The van der Waals surface area contributed by atoms with Gasteiger partial charge in [-0.3, -0.25) is 4.79 Å². The fourth-order valence-electron chi connectivity index (χ4n) is 3.83. The quantitative estimate of drug-likeness (QED) is 0.300. The van der Waals surface area contributed by atoms with Gasteiger partial charge in [0.25, 0.3) is 5.91 Å². The van der Waals surface area contributed by atoms with Crippen molar-refractivity contribution in [2.45, 2.75) is 6.54 Å². The Morgan fingerprint density at radius 1 is 1.18 bits per heavy atom. The first-order valence-corrected chi connectivity index (χ1v) is 10.4. The zero-order valence-corrected chi connectivity index (χ0v) is 18.0. The minimum atomic E-state index is -0.468. The molecule has 3 N–H and O–H groups in total. The largest absolute Gasteiger partial charge is 0.383 e. The van der Waals surface area contributed by atoms with E-state index >= 15 is 0 Å². The molecule has 10 heteroatoms. The average molecular weight is 449 g/mol. The average Bonchev–Trinajstić information content (AvgIpc) is 3.49. The lowest BCUT2D eigenvalue weighted by molar-refractivity contribution is -0.114. The fraction of sp³-hybridized carbons (Fsp3) is 0.0833. The normalized spacial score (nSPS) is 10.9. The van der Waals surface area contributed by atoms with Gasteiger partial charge in [-0.15, -0.1) is 0 Å². The number of carbonyl (C=O) groups excluding carboxylic acids is 1. The molecule has 166 valence electrons. The Balaban J connectivity index is 1.55. The molecule has 1 amide bonds. The van der Waals surface area contributed by atoms with Crippen molar-refractivity contribution in [3.05, 3.63) is 73.3 Å². The van der Waals surface area contributed by atoms with Crippen molar-refractivity contribution in [3.63, 3.8) is 0 Å². The van der Waals surface area contributed by atoms with E-state index in [0.717, 1.165) is 16.6 Å². The number of fused-ring (bicyclic) bond motifs is 2. The number of nitriles is 1. The summed E-state index contributed by atoms with van der Waals surface area (Å²) in [5.41, 5.74) is 10.4. The van der Waals surface area contributed by atoms with Gasteiger partial charge in [0.05, 0.1) is 29.3 Å². The van der Waals surface area contributed by atoms with Gasteiger partial charge in [0, 0.05) is 17.8 Å². The van der Waals surface area contributed by atoms with Crippen LogP contribution in [0.1, 0.15) is 0 Å². The van der Waals surface area contributed by atoms with Gasteiger partial charge in [-0.2, -0.15) is 10.4 Å². The van der Waals surface area contributed by atoms with Crippen molar-refractivity contribution < 1.29 is 4.79 Å². The van der Waals surface area contributed by atoms with E-state index < -0.39 is 5.91 Å². The van der Waals surface area contributed by atoms with E-state index in [-0.39, 0.29) is 12.1 Å². The van der Waals surface area contributed by atoms with Gasteiger partial charge in [0.2, 0.25) is 0 Å². The number of aromatic amines is 1. The highest BCUT2D eigenvalue weighted by Gasteiger charge is 2.21. The lowest BCUT2D eigenvalue weighted by atomic mass is 10.1. The van der Waals surface area contributed by atoms with Crippen LogP contribution in [-0.2, 0) is 11.3 Å². The minimum absolute atomic E-state index is 0.144. The Morgan fingerprint density at radius 3 is 2.79 bits per heavy atom. The van der Waals surface area contributed by atoms with E-state index in [1.54, 1.807) is 23.1 Å². The molecular formula is C24H19N9O. The highest BCUT2D eigenvalue weighted by Crippen LogP contribution is 2.31. The van der Waals surface area contributed by atoms with Crippen LogP contribution in [0.15, 0.2) is 73.3 Å². The summed E-state index contributed by atoms with van der Waals surface area (Å²) in [6.07, 6.45) is 3.02. The van der Waals surface area contributed by atoms with Gasteiger partial charge in [-0.25, -0.2) is 19.6 Å². The Labute approximate surface area is 194 Å². The molecule has 0 aliphatic rings. The van der Waals surface area contributed by atoms with Crippen LogP contribution in [0.25, 0.3) is 33.3 Å². The zero-order valence-electron chi connectivity index (χ0n) is 18.0. The molecule has 5 aromatic rings. The first kappa shape index (κ1) is 20.8.